The highest BCUT2D eigenvalue weighted by molar-refractivity contribution is 5.94. The van der Waals surface area contributed by atoms with Gasteiger partial charge in [0.1, 0.15) is 5.82 Å². The van der Waals surface area contributed by atoms with Crippen molar-refractivity contribution < 1.29 is 28.1 Å². The zero-order chi connectivity index (χ0) is 32.0. The Morgan fingerprint density at radius 3 is 2.02 bits per heavy atom. The molecule has 0 atom stereocenters. The van der Waals surface area contributed by atoms with E-state index < -0.39 is 0 Å². The van der Waals surface area contributed by atoms with Crippen molar-refractivity contribution >= 4 is 23.8 Å². The van der Waals surface area contributed by atoms with Crippen LogP contribution in [0.15, 0.2) is 66.7 Å². The van der Waals surface area contributed by atoms with Gasteiger partial charge in [0.15, 0.2) is 11.5 Å². The number of fused-ring (bicyclic) bond motifs is 1. The first-order valence-electron chi connectivity index (χ1n) is 14.9. The molecule has 6 N–H and O–H groups in total. The predicted octanol–water partition coefficient (Wildman–Crippen LogP) is 3.30. The van der Waals surface area contributed by atoms with Gasteiger partial charge >= 0.3 is 0 Å². The largest absolute Gasteiger partial charge is 0.454 e. The zero-order valence-electron chi connectivity index (χ0n) is 25.3. The van der Waals surface area contributed by atoms with Crippen LogP contribution < -0.4 is 36.5 Å². The molecular formula is C32H37FN8O5. The van der Waals surface area contributed by atoms with Gasteiger partial charge in [0, 0.05) is 43.9 Å². The highest BCUT2D eigenvalue weighted by atomic mass is 19.1. The lowest BCUT2D eigenvalue weighted by Crippen LogP contribution is -2.27. The van der Waals surface area contributed by atoms with Gasteiger partial charge in [-0.1, -0.05) is 36.4 Å². The molecule has 4 aromatic rings. The molecule has 3 aromatic carbocycles. The SMILES string of the molecule is NCCOCCOCCNC(=O)c1ccc(CNc2nc(NCc3ccc(F)cc3)nc(NCc3cccc4c3OCO4)n2)cc1. The predicted molar refractivity (Wildman–Crippen MR) is 170 cm³/mol. The van der Waals surface area contributed by atoms with Crippen LogP contribution in [0.4, 0.5) is 22.2 Å². The Bertz CT molecular complexity index is 1560. The minimum absolute atomic E-state index is 0.177. The number of hydrogen-bond acceptors (Lipinski definition) is 12. The number of aromatic nitrogens is 3. The first-order valence-corrected chi connectivity index (χ1v) is 14.9. The van der Waals surface area contributed by atoms with E-state index >= 15 is 0 Å². The molecule has 0 spiro atoms. The first kappa shape index (κ1) is 32.3. The molecule has 1 aliphatic rings. The maximum Gasteiger partial charge on any atom is 0.251 e. The van der Waals surface area contributed by atoms with Crippen molar-refractivity contribution in [2.45, 2.75) is 19.6 Å². The Kier molecular flexibility index (Phi) is 11.9. The first-order chi connectivity index (χ1) is 22.6. The molecule has 0 fully saturated rings. The minimum Gasteiger partial charge on any atom is -0.454 e. The average molecular weight is 633 g/mol. The van der Waals surface area contributed by atoms with Crippen molar-refractivity contribution in [3.05, 3.63) is 94.8 Å². The molecule has 0 saturated heterocycles. The summed E-state index contributed by atoms with van der Waals surface area (Å²) in [4.78, 5) is 26.1. The number of nitrogens with one attached hydrogen (secondary N) is 4. The number of rotatable bonds is 18. The molecule has 0 aliphatic carbocycles. The Labute approximate surface area is 266 Å². The van der Waals surface area contributed by atoms with Crippen molar-refractivity contribution in [3.63, 3.8) is 0 Å². The van der Waals surface area contributed by atoms with Gasteiger partial charge in [-0.2, -0.15) is 15.0 Å². The summed E-state index contributed by atoms with van der Waals surface area (Å²) in [5.74, 6) is 1.91. The Hall–Kier alpha value is -5.05. The van der Waals surface area contributed by atoms with Crippen LogP contribution in [0.3, 0.4) is 0 Å². The normalized spacial score (nSPS) is 11.7. The second kappa shape index (κ2) is 16.9. The van der Waals surface area contributed by atoms with E-state index in [1.165, 1.54) is 12.1 Å². The van der Waals surface area contributed by atoms with E-state index in [0.29, 0.717) is 94.1 Å². The molecule has 13 nitrogen and oxygen atoms in total. The lowest BCUT2D eigenvalue weighted by molar-refractivity contribution is 0.0511. The van der Waals surface area contributed by atoms with Crippen molar-refractivity contribution in [1.82, 2.24) is 20.3 Å². The van der Waals surface area contributed by atoms with Crippen molar-refractivity contribution in [3.8, 4) is 11.5 Å². The number of ether oxygens (including phenoxy) is 4. The van der Waals surface area contributed by atoms with E-state index in [9.17, 15) is 9.18 Å². The second-order valence-electron chi connectivity index (χ2n) is 10.1. The number of carbonyl (C=O) groups is 1. The summed E-state index contributed by atoms with van der Waals surface area (Å²) in [5.41, 5.74) is 8.59. The third-order valence-electron chi connectivity index (χ3n) is 6.75. The lowest BCUT2D eigenvalue weighted by atomic mass is 10.1. The van der Waals surface area contributed by atoms with Gasteiger partial charge in [0.2, 0.25) is 24.6 Å². The van der Waals surface area contributed by atoms with Gasteiger partial charge in [-0.15, -0.1) is 0 Å². The monoisotopic (exact) mass is 632 g/mol. The van der Waals surface area contributed by atoms with E-state index in [1.807, 2.05) is 30.3 Å². The van der Waals surface area contributed by atoms with Crippen LogP contribution >= 0.6 is 0 Å². The van der Waals surface area contributed by atoms with Crippen LogP contribution in [0.1, 0.15) is 27.0 Å². The topological polar surface area (TPSA) is 167 Å². The summed E-state index contributed by atoms with van der Waals surface area (Å²) in [6, 6.07) is 19.1. The van der Waals surface area contributed by atoms with Gasteiger partial charge in [-0.25, -0.2) is 4.39 Å². The maximum atomic E-state index is 13.3. The zero-order valence-corrected chi connectivity index (χ0v) is 25.3. The third-order valence-corrected chi connectivity index (χ3v) is 6.75. The van der Waals surface area contributed by atoms with Crippen molar-refractivity contribution in [2.24, 2.45) is 5.73 Å². The summed E-state index contributed by atoms with van der Waals surface area (Å²) in [7, 11) is 0. The second-order valence-corrected chi connectivity index (χ2v) is 10.1. The lowest BCUT2D eigenvalue weighted by Gasteiger charge is -2.12. The summed E-state index contributed by atoms with van der Waals surface area (Å²) < 4.78 is 35.1. The summed E-state index contributed by atoms with van der Waals surface area (Å²) in [5, 5.41) is 12.5. The summed E-state index contributed by atoms with van der Waals surface area (Å²) in [6.45, 7) is 4.03. The van der Waals surface area contributed by atoms with E-state index in [1.54, 1.807) is 24.3 Å². The van der Waals surface area contributed by atoms with Gasteiger partial charge in [-0.3, -0.25) is 4.79 Å². The number of nitrogens with two attached hydrogens (primary N) is 1. The van der Waals surface area contributed by atoms with Crippen molar-refractivity contribution in [1.29, 1.82) is 0 Å². The quantitative estimate of drug-likeness (QED) is 0.102. The molecule has 242 valence electrons. The minimum atomic E-state index is -0.303. The molecule has 14 heteroatoms. The molecule has 1 aliphatic heterocycles. The molecule has 1 amide bonds. The molecule has 46 heavy (non-hydrogen) atoms. The maximum absolute atomic E-state index is 13.3. The summed E-state index contributed by atoms with van der Waals surface area (Å²) >= 11 is 0. The van der Waals surface area contributed by atoms with Gasteiger partial charge in [0.25, 0.3) is 5.91 Å². The van der Waals surface area contributed by atoms with Crippen LogP contribution in [0, 0.1) is 5.82 Å². The standard InChI is InChI=1S/C32H37FN8O5/c33-26-10-6-23(7-11-26)19-37-31-39-30(40-32(41-31)38-20-25-2-1-3-27-28(25)46-21-45-27)36-18-22-4-8-24(9-5-22)29(42)35-13-15-44-17-16-43-14-12-34/h1-11H,12-21,34H2,(H,35,42)(H3,36,37,38,39,40,41). The number of nitrogens with zero attached hydrogens (tertiary/aromatic N) is 3. The highest BCUT2D eigenvalue weighted by Gasteiger charge is 2.17. The fraction of sp³-hybridized carbons (Fsp3) is 0.312. The number of hydrogen-bond donors (Lipinski definition) is 5. The fourth-order valence-electron chi connectivity index (χ4n) is 4.40. The van der Waals surface area contributed by atoms with E-state index in [0.717, 1.165) is 16.7 Å². The van der Waals surface area contributed by atoms with Crippen LogP contribution in [-0.2, 0) is 29.1 Å². The number of halogens is 1. The van der Waals surface area contributed by atoms with E-state index in [-0.39, 0.29) is 18.5 Å². The molecular weight excluding hydrogens is 595 g/mol. The van der Waals surface area contributed by atoms with E-state index in [2.05, 4.69) is 36.2 Å². The Morgan fingerprint density at radius 1 is 0.761 bits per heavy atom. The Balaban J connectivity index is 1.17. The van der Waals surface area contributed by atoms with E-state index in [4.69, 9.17) is 24.7 Å². The third kappa shape index (κ3) is 9.72. The summed E-state index contributed by atoms with van der Waals surface area (Å²) in [6.07, 6.45) is 0. The highest BCUT2D eigenvalue weighted by Crippen LogP contribution is 2.35. The molecule has 1 aromatic heterocycles. The van der Waals surface area contributed by atoms with Gasteiger partial charge in [0.05, 0.1) is 26.4 Å². The van der Waals surface area contributed by atoms with Crippen molar-refractivity contribution in [2.75, 3.05) is 62.3 Å². The molecule has 2 heterocycles. The van der Waals surface area contributed by atoms with Gasteiger partial charge < -0.3 is 45.9 Å². The van der Waals surface area contributed by atoms with Gasteiger partial charge in [-0.05, 0) is 41.5 Å². The number of para-hydroxylation sites is 1. The molecule has 0 saturated carbocycles. The smallest absolute Gasteiger partial charge is 0.251 e. The number of anilines is 3. The number of amides is 1. The molecule has 0 radical (unpaired) electrons. The molecule has 5 rings (SSSR count). The fourth-order valence-corrected chi connectivity index (χ4v) is 4.40. The molecule has 0 unspecified atom stereocenters. The van der Waals surface area contributed by atoms with Crippen LogP contribution in [0.2, 0.25) is 0 Å². The van der Waals surface area contributed by atoms with Crippen LogP contribution in [-0.4, -0.2) is 67.2 Å². The van der Waals surface area contributed by atoms with Crippen LogP contribution in [0.25, 0.3) is 0 Å². The molecule has 0 bridgehead atoms. The number of benzene rings is 3. The average Bonchev–Trinajstić information content (AvgIpc) is 3.57. The Morgan fingerprint density at radius 2 is 1.37 bits per heavy atom. The number of carbonyl (C=O) groups excluding carboxylic acids is 1. The van der Waals surface area contributed by atoms with Crippen LogP contribution in [0.5, 0.6) is 11.5 Å².